The number of rotatable bonds is 10. The van der Waals surface area contributed by atoms with Crippen LogP contribution in [0.2, 0.25) is 0 Å². The molecule has 2 saturated heterocycles. The molecule has 4 atom stereocenters. The van der Waals surface area contributed by atoms with E-state index in [1.54, 1.807) is 23.6 Å². The molecule has 0 aliphatic carbocycles. The van der Waals surface area contributed by atoms with Crippen molar-refractivity contribution in [2.75, 3.05) is 23.8 Å². The van der Waals surface area contributed by atoms with Gasteiger partial charge in [0.1, 0.15) is 27.1 Å². The third-order valence-electron chi connectivity index (χ3n) is 6.28. The van der Waals surface area contributed by atoms with Gasteiger partial charge in [-0.05, 0) is 19.1 Å². The highest BCUT2D eigenvalue weighted by Crippen LogP contribution is 2.45. The SMILES string of the molecule is Cc1nnc(SCC2(C(=O)O)CS[C@@H]3C(NC(=O)C(Sc4ccccc4C(=O)O)c4csc(N)n4)C(=O)N3C2)s1. The summed E-state index contributed by atoms with van der Waals surface area (Å²) in [7, 11) is 0. The predicted octanol–water partition coefficient (Wildman–Crippen LogP) is 2.68. The molecule has 0 saturated carbocycles. The van der Waals surface area contributed by atoms with E-state index in [4.69, 9.17) is 5.73 Å². The molecule has 2 amide bonds. The van der Waals surface area contributed by atoms with Gasteiger partial charge in [0, 0.05) is 28.3 Å². The fraction of sp³-hybridized carbons (Fsp3) is 0.348. The van der Waals surface area contributed by atoms with E-state index in [0.717, 1.165) is 28.1 Å². The van der Waals surface area contributed by atoms with E-state index >= 15 is 0 Å². The van der Waals surface area contributed by atoms with Crippen molar-refractivity contribution >= 4 is 86.8 Å². The number of nitrogens with two attached hydrogens (primary N) is 1. The Hall–Kier alpha value is -2.86. The first-order valence-corrected chi connectivity index (χ1v) is 16.3. The standard InChI is InChI=1S/C23H22N6O6S5/c1-10-27-28-22(39-10)38-9-23(20(34)35)7-29-17(31)14(18(29)37-8-23)26-16(30)15(12-6-36-21(24)25-12)40-13-5-3-2-4-11(13)19(32)33/h2-6,14-15,18H,7-9H2,1H3,(H2,24,25)(H,26,30)(H,32,33)(H,34,35)/t14?,15?,18-,23?/m1/s1. The number of carboxylic acid groups (broad SMARTS) is 2. The highest BCUT2D eigenvalue weighted by Gasteiger charge is 2.57. The molecule has 2 aromatic heterocycles. The molecule has 0 spiro atoms. The summed E-state index contributed by atoms with van der Waals surface area (Å²) in [5.74, 6) is -2.55. The number of anilines is 1. The summed E-state index contributed by atoms with van der Waals surface area (Å²) in [6.07, 6.45) is 0. The third kappa shape index (κ3) is 5.65. The maximum atomic E-state index is 13.5. The van der Waals surface area contributed by atoms with Crippen molar-refractivity contribution in [3.05, 3.63) is 45.9 Å². The van der Waals surface area contributed by atoms with E-state index in [2.05, 4.69) is 20.5 Å². The van der Waals surface area contributed by atoms with Crippen molar-refractivity contribution < 1.29 is 29.4 Å². The molecule has 2 aliphatic heterocycles. The number of thiazole rings is 1. The molecule has 210 valence electrons. The van der Waals surface area contributed by atoms with Crippen molar-refractivity contribution in [1.82, 2.24) is 25.4 Å². The van der Waals surface area contributed by atoms with Gasteiger partial charge < -0.3 is 26.2 Å². The number of aliphatic carboxylic acids is 1. The number of aryl methyl sites for hydroxylation is 1. The number of aromatic carboxylic acids is 1. The van der Waals surface area contributed by atoms with Crippen LogP contribution >= 0.6 is 58.0 Å². The molecule has 3 unspecified atom stereocenters. The van der Waals surface area contributed by atoms with Gasteiger partial charge in [-0.15, -0.1) is 45.1 Å². The van der Waals surface area contributed by atoms with E-state index in [9.17, 15) is 29.4 Å². The van der Waals surface area contributed by atoms with Crippen LogP contribution in [0.3, 0.4) is 0 Å². The summed E-state index contributed by atoms with van der Waals surface area (Å²) >= 11 is 6.15. The number of hydrogen-bond acceptors (Lipinski definition) is 13. The lowest BCUT2D eigenvalue weighted by Gasteiger charge is -2.53. The molecular formula is C23H22N6O6S5. The molecule has 17 heteroatoms. The number of fused-ring (bicyclic) bond motifs is 1. The fourth-order valence-electron chi connectivity index (χ4n) is 4.21. The average molecular weight is 639 g/mol. The lowest BCUT2D eigenvalue weighted by atomic mass is 9.89. The predicted molar refractivity (Wildman–Crippen MR) is 154 cm³/mol. The van der Waals surface area contributed by atoms with E-state index < -0.39 is 39.9 Å². The first kappa shape index (κ1) is 28.7. The van der Waals surface area contributed by atoms with E-state index in [0.29, 0.717) is 14.9 Å². The molecule has 0 bridgehead atoms. The Bertz CT molecular complexity index is 1480. The molecular weight excluding hydrogens is 617 g/mol. The van der Waals surface area contributed by atoms with Crippen molar-refractivity contribution in [2.45, 2.75) is 32.8 Å². The number of nitrogen functional groups attached to an aromatic ring is 1. The lowest BCUT2D eigenvalue weighted by Crippen LogP contribution is -2.74. The van der Waals surface area contributed by atoms with Gasteiger partial charge in [0.15, 0.2) is 9.47 Å². The largest absolute Gasteiger partial charge is 0.481 e. The van der Waals surface area contributed by atoms with Crippen molar-refractivity contribution in [2.24, 2.45) is 5.41 Å². The van der Waals surface area contributed by atoms with Gasteiger partial charge >= 0.3 is 11.9 Å². The zero-order chi connectivity index (χ0) is 28.6. The van der Waals surface area contributed by atoms with E-state index in [1.165, 1.54) is 45.8 Å². The highest BCUT2D eigenvalue weighted by molar-refractivity contribution is 8.01. The number of benzene rings is 1. The second-order valence-corrected chi connectivity index (χ2v) is 14.6. The number of hydrogen-bond donors (Lipinski definition) is 4. The van der Waals surface area contributed by atoms with Crippen molar-refractivity contribution in [3.8, 4) is 0 Å². The number of β-lactam (4-membered cyclic amide) rings is 1. The number of nitrogens with one attached hydrogen (secondary N) is 1. The van der Waals surface area contributed by atoms with Crippen LogP contribution in [0.4, 0.5) is 5.13 Å². The molecule has 2 aliphatic rings. The van der Waals surface area contributed by atoms with Crippen LogP contribution in [0.5, 0.6) is 0 Å². The zero-order valence-corrected chi connectivity index (χ0v) is 24.8. The van der Waals surface area contributed by atoms with Gasteiger partial charge in [0.25, 0.3) is 0 Å². The maximum Gasteiger partial charge on any atom is 0.336 e. The Balaban J connectivity index is 1.29. The monoisotopic (exact) mass is 638 g/mol. The number of aromatic nitrogens is 3. The molecule has 4 heterocycles. The lowest BCUT2D eigenvalue weighted by molar-refractivity contribution is -0.157. The molecule has 40 heavy (non-hydrogen) atoms. The van der Waals surface area contributed by atoms with Crippen LogP contribution in [0.1, 0.15) is 26.3 Å². The van der Waals surface area contributed by atoms with Crippen LogP contribution < -0.4 is 11.1 Å². The van der Waals surface area contributed by atoms with Crippen LogP contribution in [-0.4, -0.2) is 83.5 Å². The molecule has 0 radical (unpaired) electrons. The second-order valence-electron chi connectivity index (χ2n) is 9.02. The Kier molecular flexibility index (Phi) is 8.28. The highest BCUT2D eigenvalue weighted by atomic mass is 32.2. The number of carbonyl (C=O) groups is 4. The number of amides is 2. The minimum Gasteiger partial charge on any atom is -0.481 e. The van der Waals surface area contributed by atoms with Crippen LogP contribution in [0, 0.1) is 12.3 Å². The summed E-state index contributed by atoms with van der Waals surface area (Å²) in [5.41, 5.74) is 5.01. The Labute approximate surface area is 248 Å². The Morgan fingerprint density at radius 1 is 1.27 bits per heavy atom. The summed E-state index contributed by atoms with van der Waals surface area (Å²) < 4.78 is 0.668. The molecule has 2 fully saturated rings. The van der Waals surface area contributed by atoms with Gasteiger partial charge in [-0.3, -0.25) is 14.4 Å². The Morgan fingerprint density at radius 3 is 2.70 bits per heavy atom. The fourth-order valence-corrected chi connectivity index (χ4v) is 9.67. The smallest absolute Gasteiger partial charge is 0.336 e. The minimum atomic E-state index is -1.17. The number of thioether (sulfide) groups is 3. The van der Waals surface area contributed by atoms with Crippen molar-refractivity contribution in [3.63, 3.8) is 0 Å². The summed E-state index contributed by atoms with van der Waals surface area (Å²) in [6.45, 7) is 1.84. The van der Waals surface area contributed by atoms with Gasteiger partial charge in [-0.1, -0.05) is 35.2 Å². The molecule has 3 aromatic rings. The topological polar surface area (TPSA) is 189 Å². The first-order chi connectivity index (χ1) is 19.1. The summed E-state index contributed by atoms with van der Waals surface area (Å²) in [5, 5.41) is 31.7. The average Bonchev–Trinajstić information content (AvgIpc) is 3.56. The van der Waals surface area contributed by atoms with Gasteiger partial charge in [-0.2, -0.15) is 0 Å². The normalized spacial score (nSPS) is 22.7. The van der Waals surface area contributed by atoms with Gasteiger partial charge in [-0.25, -0.2) is 9.78 Å². The van der Waals surface area contributed by atoms with E-state index in [-0.39, 0.29) is 34.7 Å². The van der Waals surface area contributed by atoms with Gasteiger partial charge in [0.05, 0.1) is 11.3 Å². The maximum absolute atomic E-state index is 13.5. The van der Waals surface area contributed by atoms with Crippen LogP contribution in [0.25, 0.3) is 0 Å². The quantitative estimate of drug-likeness (QED) is 0.188. The first-order valence-electron chi connectivity index (χ1n) is 11.7. The van der Waals surface area contributed by atoms with Crippen molar-refractivity contribution in [1.29, 1.82) is 0 Å². The van der Waals surface area contributed by atoms with E-state index in [1.807, 2.05) is 6.92 Å². The molecule has 1 aromatic carbocycles. The van der Waals surface area contributed by atoms with Crippen LogP contribution in [0.15, 0.2) is 38.9 Å². The molecule has 5 N–H and O–H groups in total. The molecule has 5 rings (SSSR count). The van der Waals surface area contributed by atoms with Crippen LogP contribution in [-0.2, 0) is 14.4 Å². The zero-order valence-electron chi connectivity index (χ0n) is 20.7. The third-order valence-corrected chi connectivity index (χ3v) is 12.1. The second kappa shape index (κ2) is 11.6. The number of carboxylic acids is 2. The summed E-state index contributed by atoms with van der Waals surface area (Å²) in [6, 6.07) is 5.46. The Morgan fingerprint density at radius 2 is 2.05 bits per heavy atom. The summed E-state index contributed by atoms with van der Waals surface area (Å²) in [4.78, 5) is 56.8. The number of carbonyl (C=O) groups excluding carboxylic acids is 2. The van der Waals surface area contributed by atoms with Gasteiger partial charge in [0.2, 0.25) is 11.8 Å². The minimum absolute atomic E-state index is 0.0166. The number of nitrogens with zero attached hydrogens (tertiary/aromatic N) is 4. The molecule has 12 nitrogen and oxygen atoms in total.